The highest BCUT2D eigenvalue weighted by molar-refractivity contribution is 5.94. The summed E-state index contributed by atoms with van der Waals surface area (Å²) in [5.41, 5.74) is 2.71. The Kier molecular flexibility index (Phi) is 7.81. The molecule has 0 aromatic heterocycles. The summed E-state index contributed by atoms with van der Waals surface area (Å²) < 4.78 is 32.4. The van der Waals surface area contributed by atoms with Gasteiger partial charge in [0.2, 0.25) is 0 Å². The number of methoxy groups -OCH3 is 1. The van der Waals surface area contributed by atoms with Crippen molar-refractivity contribution < 1.29 is 18.3 Å². The smallest absolute Gasteiger partial charge is 0.254 e. The van der Waals surface area contributed by atoms with E-state index in [0.717, 1.165) is 36.5 Å². The first-order valence-corrected chi connectivity index (χ1v) is 12.0. The lowest BCUT2D eigenvalue weighted by molar-refractivity contribution is 0.0668. The third kappa shape index (κ3) is 6.06. The predicted molar refractivity (Wildman–Crippen MR) is 133 cm³/mol. The number of hydrogen-bond donors (Lipinski definition) is 0. The summed E-state index contributed by atoms with van der Waals surface area (Å²) >= 11 is 0. The van der Waals surface area contributed by atoms with Crippen molar-refractivity contribution in [1.29, 1.82) is 0 Å². The van der Waals surface area contributed by atoms with Crippen LogP contribution in [0.25, 0.3) is 0 Å². The Morgan fingerprint density at radius 1 is 1.00 bits per heavy atom. The number of rotatable bonds is 8. The van der Waals surface area contributed by atoms with Crippen LogP contribution in [0.2, 0.25) is 0 Å². The highest BCUT2D eigenvalue weighted by Gasteiger charge is 2.36. The Bertz CT molecular complexity index is 1130. The summed E-state index contributed by atoms with van der Waals surface area (Å²) in [4.78, 5) is 17.6. The zero-order valence-electron chi connectivity index (χ0n) is 20.5. The van der Waals surface area contributed by atoms with Crippen LogP contribution in [-0.4, -0.2) is 48.5 Å². The van der Waals surface area contributed by atoms with Crippen LogP contribution in [0, 0.1) is 17.6 Å². The van der Waals surface area contributed by atoms with Crippen molar-refractivity contribution in [3.05, 3.63) is 101 Å². The van der Waals surface area contributed by atoms with Gasteiger partial charge in [-0.15, -0.1) is 0 Å². The summed E-state index contributed by atoms with van der Waals surface area (Å²) in [6.07, 6.45) is 0. The maximum absolute atomic E-state index is 13.6. The molecule has 4 rings (SSSR count). The summed E-state index contributed by atoms with van der Waals surface area (Å²) in [5, 5.41) is 0. The first-order chi connectivity index (χ1) is 16.8. The van der Waals surface area contributed by atoms with Gasteiger partial charge in [-0.1, -0.05) is 24.3 Å². The van der Waals surface area contributed by atoms with Gasteiger partial charge < -0.3 is 9.64 Å². The molecule has 0 spiro atoms. The lowest BCUT2D eigenvalue weighted by Gasteiger charge is -2.32. The first kappa shape index (κ1) is 24.9. The molecule has 0 N–H and O–H groups in total. The van der Waals surface area contributed by atoms with Crippen LogP contribution in [0.15, 0.2) is 72.8 Å². The Balaban J connectivity index is 1.57. The molecule has 184 valence electrons. The van der Waals surface area contributed by atoms with E-state index in [9.17, 15) is 13.6 Å². The van der Waals surface area contributed by atoms with Crippen LogP contribution in [0.4, 0.5) is 8.78 Å². The van der Waals surface area contributed by atoms with E-state index in [0.29, 0.717) is 12.1 Å². The lowest BCUT2D eigenvalue weighted by atomic mass is 9.88. The molecule has 1 fully saturated rings. The standard InChI is InChI=1S/C29H32F2N2O2/c1-20(2)33(29(34)23-9-13-26(31)14-10-23)18-24-17-32(16-21-5-4-6-27(15-21)35-3)19-28(24)22-7-11-25(30)12-8-22/h4-15,20,24,28H,16-19H2,1-3H3. The number of benzene rings is 3. The zero-order chi connectivity index (χ0) is 24.9. The van der Waals surface area contributed by atoms with Crippen LogP contribution in [0.5, 0.6) is 5.75 Å². The van der Waals surface area contributed by atoms with Crippen molar-refractivity contribution in [2.24, 2.45) is 5.92 Å². The quantitative estimate of drug-likeness (QED) is 0.414. The van der Waals surface area contributed by atoms with E-state index in [2.05, 4.69) is 11.0 Å². The van der Waals surface area contributed by atoms with Crippen molar-refractivity contribution in [2.45, 2.75) is 32.4 Å². The molecular weight excluding hydrogens is 446 g/mol. The second-order valence-corrected chi connectivity index (χ2v) is 9.52. The molecule has 4 nitrogen and oxygen atoms in total. The summed E-state index contributed by atoms with van der Waals surface area (Å²) in [7, 11) is 1.66. The van der Waals surface area contributed by atoms with Gasteiger partial charge in [0.15, 0.2) is 0 Å². The fraction of sp³-hybridized carbons (Fsp3) is 0.345. The molecule has 6 heteroatoms. The monoisotopic (exact) mass is 478 g/mol. The van der Waals surface area contributed by atoms with Crippen molar-refractivity contribution in [1.82, 2.24) is 9.80 Å². The average Bonchev–Trinajstić information content (AvgIpc) is 3.25. The minimum absolute atomic E-state index is 0.0196. The van der Waals surface area contributed by atoms with Crippen LogP contribution >= 0.6 is 0 Å². The Hall–Kier alpha value is -3.25. The number of hydrogen-bond acceptors (Lipinski definition) is 3. The molecule has 3 aromatic carbocycles. The molecule has 0 radical (unpaired) electrons. The summed E-state index contributed by atoms with van der Waals surface area (Å²) in [5.74, 6) is 0.416. The van der Waals surface area contributed by atoms with Crippen molar-refractivity contribution in [2.75, 3.05) is 26.7 Å². The summed E-state index contributed by atoms with van der Waals surface area (Å²) in [6.45, 7) is 6.93. The van der Waals surface area contributed by atoms with Crippen molar-refractivity contribution in [3.8, 4) is 5.75 Å². The lowest BCUT2D eigenvalue weighted by Crippen LogP contribution is -2.42. The molecule has 1 aliphatic heterocycles. The van der Waals surface area contributed by atoms with E-state index in [1.54, 1.807) is 7.11 Å². The molecular formula is C29H32F2N2O2. The van der Waals surface area contributed by atoms with E-state index >= 15 is 0 Å². The van der Waals surface area contributed by atoms with Gasteiger partial charge in [-0.05, 0) is 79.4 Å². The van der Waals surface area contributed by atoms with E-state index < -0.39 is 0 Å². The van der Waals surface area contributed by atoms with E-state index in [-0.39, 0.29) is 35.4 Å². The highest BCUT2D eigenvalue weighted by Crippen LogP contribution is 2.35. The van der Waals surface area contributed by atoms with E-state index in [1.807, 2.05) is 49.1 Å². The Labute approximate surface area is 206 Å². The number of carbonyl (C=O) groups is 1. The molecule has 3 aromatic rings. The SMILES string of the molecule is COc1cccc(CN2CC(CN(C(=O)c3ccc(F)cc3)C(C)C)C(c3ccc(F)cc3)C2)c1. The molecule has 0 aliphatic carbocycles. The van der Waals surface area contributed by atoms with Crippen LogP contribution in [-0.2, 0) is 6.54 Å². The van der Waals surface area contributed by atoms with Crippen molar-refractivity contribution >= 4 is 5.91 Å². The molecule has 1 amide bonds. The summed E-state index contributed by atoms with van der Waals surface area (Å²) in [6, 6.07) is 20.4. The van der Waals surface area contributed by atoms with Crippen molar-refractivity contribution in [3.63, 3.8) is 0 Å². The molecule has 0 bridgehead atoms. The van der Waals surface area contributed by atoms with E-state index in [4.69, 9.17) is 4.74 Å². The average molecular weight is 479 g/mol. The van der Waals surface area contributed by atoms with Crippen LogP contribution < -0.4 is 4.74 Å². The third-order valence-corrected chi connectivity index (χ3v) is 6.76. The van der Waals surface area contributed by atoms with Gasteiger partial charge in [0.1, 0.15) is 17.4 Å². The van der Waals surface area contributed by atoms with Gasteiger partial charge in [0, 0.05) is 43.7 Å². The van der Waals surface area contributed by atoms with Crippen LogP contribution in [0.3, 0.4) is 0 Å². The maximum atomic E-state index is 13.6. The topological polar surface area (TPSA) is 32.8 Å². The molecule has 1 saturated heterocycles. The van der Waals surface area contributed by atoms with Gasteiger partial charge >= 0.3 is 0 Å². The second-order valence-electron chi connectivity index (χ2n) is 9.52. The zero-order valence-corrected chi connectivity index (χ0v) is 20.5. The number of ether oxygens (including phenoxy) is 1. The van der Waals surface area contributed by atoms with Gasteiger partial charge in [-0.25, -0.2) is 8.78 Å². The van der Waals surface area contributed by atoms with Gasteiger partial charge in [0.25, 0.3) is 5.91 Å². The number of nitrogens with zero attached hydrogens (tertiary/aromatic N) is 2. The van der Waals surface area contributed by atoms with Gasteiger partial charge in [0.05, 0.1) is 7.11 Å². The minimum Gasteiger partial charge on any atom is -0.497 e. The fourth-order valence-corrected chi connectivity index (χ4v) is 4.93. The molecule has 35 heavy (non-hydrogen) atoms. The number of halogens is 2. The maximum Gasteiger partial charge on any atom is 0.254 e. The minimum atomic E-state index is -0.363. The molecule has 1 heterocycles. The Morgan fingerprint density at radius 3 is 2.29 bits per heavy atom. The number of amides is 1. The predicted octanol–water partition coefficient (Wildman–Crippen LogP) is 5.74. The Morgan fingerprint density at radius 2 is 1.66 bits per heavy atom. The normalized spacial score (nSPS) is 18.1. The largest absolute Gasteiger partial charge is 0.497 e. The number of carbonyl (C=O) groups excluding carboxylic acids is 1. The fourth-order valence-electron chi connectivity index (χ4n) is 4.93. The van der Waals surface area contributed by atoms with Gasteiger partial charge in [-0.3, -0.25) is 9.69 Å². The third-order valence-electron chi connectivity index (χ3n) is 6.76. The molecule has 2 atom stereocenters. The molecule has 2 unspecified atom stereocenters. The van der Waals surface area contributed by atoms with E-state index in [1.165, 1.54) is 36.4 Å². The molecule has 1 aliphatic rings. The second kappa shape index (κ2) is 11.0. The van der Waals surface area contributed by atoms with Gasteiger partial charge in [-0.2, -0.15) is 0 Å². The first-order valence-electron chi connectivity index (χ1n) is 12.0. The number of likely N-dealkylation sites (tertiary alicyclic amines) is 1. The highest BCUT2D eigenvalue weighted by atomic mass is 19.1. The molecule has 0 saturated carbocycles. The van der Waals surface area contributed by atoms with Crippen LogP contribution in [0.1, 0.15) is 41.3 Å².